The quantitative estimate of drug-likeness (QED) is 0.491. The smallest absolute Gasteiger partial charge is 0.430 e. The lowest BCUT2D eigenvalue weighted by atomic mass is 10.4. The third-order valence-corrected chi connectivity index (χ3v) is 2.78. The second-order valence-corrected chi connectivity index (χ2v) is 3.88. The molecule has 0 aliphatic carbocycles. The van der Waals surface area contributed by atoms with Crippen LogP contribution in [0.4, 0.5) is 4.79 Å². The number of unbranched alkanes of at least 4 members (excludes halogenated alkanes) is 1. The lowest BCUT2D eigenvalue weighted by Crippen LogP contribution is -2.13. The number of thioether (sulfide) groups is 1. The van der Waals surface area contributed by atoms with Crippen molar-refractivity contribution in [1.82, 2.24) is 0 Å². The van der Waals surface area contributed by atoms with Gasteiger partial charge in [0, 0.05) is 5.75 Å². The highest BCUT2D eigenvalue weighted by Crippen LogP contribution is 2.13. The van der Waals surface area contributed by atoms with E-state index in [0.717, 1.165) is 11.5 Å². The molecule has 1 saturated heterocycles. The average molecular weight is 190 g/mol. The number of ether oxygens (including phenoxy) is 2. The van der Waals surface area contributed by atoms with E-state index in [9.17, 15) is 4.79 Å². The van der Waals surface area contributed by atoms with Crippen LogP contribution in [0.1, 0.15) is 19.8 Å². The van der Waals surface area contributed by atoms with Crippen molar-refractivity contribution in [2.24, 2.45) is 0 Å². The second-order valence-electron chi connectivity index (χ2n) is 2.73. The average Bonchev–Trinajstić information content (AvgIpc) is 2.45. The zero-order chi connectivity index (χ0) is 8.81. The van der Waals surface area contributed by atoms with Crippen molar-refractivity contribution in [1.29, 1.82) is 0 Å². The predicted molar refractivity (Wildman–Crippen MR) is 48.5 cm³/mol. The Labute approximate surface area is 76.8 Å². The van der Waals surface area contributed by atoms with Crippen LogP contribution in [-0.2, 0) is 9.47 Å². The van der Waals surface area contributed by atoms with E-state index >= 15 is 0 Å². The van der Waals surface area contributed by atoms with Gasteiger partial charge >= 0.3 is 6.16 Å². The minimum absolute atomic E-state index is 0.0145. The van der Waals surface area contributed by atoms with Crippen molar-refractivity contribution < 1.29 is 14.3 Å². The lowest BCUT2D eigenvalue weighted by Gasteiger charge is -2.04. The fraction of sp³-hybridized carbons (Fsp3) is 0.875. The Kier molecular flexibility index (Phi) is 4.29. The summed E-state index contributed by atoms with van der Waals surface area (Å²) in [5.74, 6) is 2.01. The molecule has 0 aromatic carbocycles. The first-order chi connectivity index (χ1) is 5.83. The summed E-state index contributed by atoms with van der Waals surface area (Å²) in [4.78, 5) is 10.5. The first-order valence-electron chi connectivity index (χ1n) is 4.24. The van der Waals surface area contributed by atoms with E-state index < -0.39 is 6.16 Å². The van der Waals surface area contributed by atoms with Crippen LogP contribution in [0.25, 0.3) is 0 Å². The molecule has 12 heavy (non-hydrogen) atoms. The van der Waals surface area contributed by atoms with E-state index in [0.29, 0.717) is 6.61 Å². The Morgan fingerprint density at radius 2 is 2.50 bits per heavy atom. The molecule has 0 bridgehead atoms. The molecule has 1 unspecified atom stereocenters. The fourth-order valence-electron chi connectivity index (χ4n) is 0.908. The highest BCUT2D eigenvalue weighted by molar-refractivity contribution is 7.99. The van der Waals surface area contributed by atoms with Gasteiger partial charge in [-0.25, -0.2) is 4.79 Å². The van der Waals surface area contributed by atoms with Crippen molar-refractivity contribution in [2.75, 3.05) is 18.1 Å². The van der Waals surface area contributed by atoms with Crippen LogP contribution in [0.15, 0.2) is 0 Å². The van der Waals surface area contributed by atoms with Gasteiger partial charge in [-0.3, -0.25) is 0 Å². The third kappa shape index (κ3) is 3.34. The van der Waals surface area contributed by atoms with Gasteiger partial charge in [-0.15, -0.1) is 0 Å². The summed E-state index contributed by atoms with van der Waals surface area (Å²) in [5.41, 5.74) is 0. The van der Waals surface area contributed by atoms with Crippen molar-refractivity contribution in [2.45, 2.75) is 25.9 Å². The number of rotatable bonds is 5. The summed E-state index contributed by atoms with van der Waals surface area (Å²) in [6, 6.07) is 0. The van der Waals surface area contributed by atoms with Gasteiger partial charge in [0.2, 0.25) is 0 Å². The Morgan fingerprint density at radius 3 is 3.08 bits per heavy atom. The first-order valence-corrected chi connectivity index (χ1v) is 5.39. The van der Waals surface area contributed by atoms with Gasteiger partial charge in [0.05, 0.1) is 0 Å². The second kappa shape index (κ2) is 5.30. The maximum Gasteiger partial charge on any atom is 0.508 e. The Balaban J connectivity index is 1.97. The molecule has 0 aromatic heterocycles. The normalized spacial score (nSPS) is 22.1. The van der Waals surface area contributed by atoms with Crippen LogP contribution < -0.4 is 0 Å². The standard InChI is InChI=1S/C8H14O3S/c1-2-3-4-12-6-7-5-10-8(9)11-7/h7H,2-6H2,1H3. The van der Waals surface area contributed by atoms with Gasteiger partial charge in [0.15, 0.2) is 0 Å². The molecule has 4 heteroatoms. The van der Waals surface area contributed by atoms with Crippen LogP contribution >= 0.6 is 11.8 Å². The Bertz CT molecular complexity index is 149. The van der Waals surface area contributed by atoms with Crippen molar-refractivity contribution >= 4 is 17.9 Å². The highest BCUT2D eigenvalue weighted by Gasteiger charge is 2.24. The molecule has 3 nitrogen and oxygen atoms in total. The zero-order valence-corrected chi connectivity index (χ0v) is 8.06. The SMILES string of the molecule is CCCCSCC1COC(=O)O1. The van der Waals surface area contributed by atoms with Crippen LogP contribution in [0.2, 0.25) is 0 Å². The molecule has 0 saturated carbocycles. The molecule has 0 aromatic rings. The molecule has 1 rings (SSSR count). The van der Waals surface area contributed by atoms with Crippen LogP contribution in [-0.4, -0.2) is 30.4 Å². The summed E-state index contributed by atoms with van der Waals surface area (Å²) in [7, 11) is 0. The maximum absolute atomic E-state index is 10.5. The van der Waals surface area contributed by atoms with Gasteiger partial charge in [-0.2, -0.15) is 11.8 Å². The number of carbonyl (C=O) groups is 1. The minimum Gasteiger partial charge on any atom is -0.430 e. The van der Waals surface area contributed by atoms with Gasteiger partial charge in [0.25, 0.3) is 0 Å². The molecule has 0 amide bonds. The summed E-state index contributed by atoms with van der Waals surface area (Å²) >= 11 is 1.82. The van der Waals surface area contributed by atoms with Gasteiger partial charge in [-0.05, 0) is 12.2 Å². The molecule has 70 valence electrons. The number of carbonyl (C=O) groups excluding carboxylic acids is 1. The molecule has 0 radical (unpaired) electrons. The minimum atomic E-state index is -0.518. The monoisotopic (exact) mass is 190 g/mol. The van der Waals surface area contributed by atoms with E-state index in [4.69, 9.17) is 4.74 Å². The maximum atomic E-state index is 10.5. The van der Waals surface area contributed by atoms with Crippen LogP contribution in [0.3, 0.4) is 0 Å². The van der Waals surface area contributed by atoms with E-state index in [-0.39, 0.29) is 6.10 Å². The highest BCUT2D eigenvalue weighted by atomic mass is 32.2. The molecule has 0 spiro atoms. The Morgan fingerprint density at radius 1 is 1.67 bits per heavy atom. The fourth-order valence-corrected chi connectivity index (χ4v) is 2.00. The summed E-state index contributed by atoms with van der Waals surface area (Å²) in [5, 5.41) is 0. The molecule has 1 aliphatic heterocycles. The predicted octanol–water partition coefficient (Wildman–Crippen LogP) is 2.06. The van der Waals surface area contributed by atoms with E-state index in [1.165, 1.54) is 12.8 Å². The summed E-state index contributed by atoms with van der Waals surface area (Å²) < 4.78 is 9.51. The molecule has 1 heterocycles. The van der Waals surface area contributed by atoms with Crippen molar-refractivity contribution in [3.8, 4) is 0 Å². The zero-order valence-electron chi connectivity index (χ0n) is 7.25. The van der Waals surface area contributed by atoms with Crippen LogP contribution in [0.5, 0.6) is 0 Å². The number of hydrogen-bond donors (Lipinski definition) is 0. The van der Waals surface area contributed by atoms with E-state index in [2.05, 4.69) is 11.7 Å². The first kappa shape index (κ1) is 9.71. The van der Waals surface area contributed by atoms with Crippen LogP contribution in [0, 0.1) is 0 Å². The van der Waals surface area contributed by atoms with Gasteiger partial charge < -0.3 is 9.47 Å². The Hall–Kier alpha value is -0.380. The molecule has 0 N–H and O–H groups in total. The van der Waals surface area contributed by atoms with Gasteiger partial charge in [-0.1, -0.05) is 13.3 Å². The molecule has 1 aliphatic rings. The van der Waals surface area contributed by atoms with Crippen molar-refractivity contribution in [3.05, 3.63) is 0 Å². The molecular weight excluding hydrogens is 176 g/mol. The largest absolute Gasteiger partial charge is 0.508 e. The lowest BCUT2D eigenvalue weighted by molar-refractivity contribution is 0.122. The molecular formula is C8H14O3S. The topological polar surface area (TPSA) is 35.5 Å². The van der Waals surface area contributed by atoms with Gasteiger partial charge in [0.1, 0.15) is 12.7 Å². The van der Waals surface area contributed by atoms with E-state index in [1.54, 1.807) is 0 Å². The van der Waals surface area contributed by atoms with E-state index in [1.807, 2.05) is 11.8 Å². The summed E-state index contributed by atoms with van der Waals surface area (Å²) in [6.45, 7) is 2.59. The number of cyclic esters (lactones) is 2. The number of hydrogen-bond acceptors (Lipinski definition) is 4. The molecule has 1 atom stereocenters. The van der Waals surface area contributed by atoms with Crippen molar-refractivity contribution in [3.63, 3.8) is 0 Å². The molecule has 1 fully saturated rings. The third-order valence-electron chi connectivity index (χ3n) is 1.60. The summed E-state index contributed by atoms with van der Waals surface area (Å²) in [6.07, 6.45) is 1.91.